The Morgan fingerprint density at radius 1 is 1.03 bits per heavy atom. The fraction of sp³-hybridized carbons (Fsp3) is 0.409. The average molecular weight is 458 g/mol. The van der Waals surface area contributed by atoms with Crippen LogP contribution in [0.4, 0.5) is 5.69 Å². The highest BCUT2D eigenvalue weighted by atomic mass is 16.6. The number of methoxy groups -OCH3 is 3. The maximum Gasteiger partial charge on any atom is 0.307 e. The van der Waals surface area contributed by atoms with E-state index < -0.39 is 16.8 Å². The molecular weight excluding hydrogens is 432 g/mol. The third kappa shape index (κ3) is 4.06. The molecule has 5 atom stereocenters. The van der Waals surface area contributed by atoms with E-state index in [-0.39, 0.29) is 29.9 Å². The Hall–Kier alpha value is -3.41. The molecule has 4 N–H and O–H groups in total. The zero-order chi connectivity index (χ0) is 23.7. The largest absolute Gasteiger partial charge is 0.493 e. The topological polar surface area (TPSA) is 144 Å². The van der Waals surface area contributed by atoms with Gasteiger partial charge in [-0.15, -0.1) is 0 Å². The van der Waals surface area contributed by atoms with Gasteiger partial charge < -0.3 is 19.3 Å². The molecule has 0 radical (unpaired) electrons. The minimum atomic E-state index is -0.909. The predicted octanol–water partition coefficient (Wildman–Crippen LogP) is 2.15. The number of hydrogen-bond donors (Lipinski definition) is 4. The van der Waals surface area contributed by atoms with Crippen LogP contribution in [-0.2, 0) is 4.79 Å². The lowest BCUT2D eigenvalue weighted by Gasteiger charge is -2.39. The van der Waals surface area contributed by atoms with Gasteiger partial charge in [0.1, 0.15) is 0 Å². The maximum absolute atomic E-state index is 12.3. The third-order valence-corrected chi connectivity index (χ3v) is 6.39. The number of fused-ring (bicyclic) bond motifs is 1. The first-order valence-electron chi connectivity index (χ1n) is 10.4. The number of nitro groups is 1. The van der Waals surface area contributed by atoms with Gasteiger partial charge in [0.25, 0.3) is 5.69 Å². The number of carbonyl (C=O) groups is 1. The Bertz CT molecular complexity index is 1050. The van der Waals surface area contributed by atoms with E-state index in [0.717, 1.165) is 11.1 Å². The Morgan fingerprint density at radius 3 is 2.30 bits per heavy atom. The number of carboxylic acid groups (broad SMARTS) is 1. The van der Waals surface area contributed by atoms with E-state index in [9.17, 15) is 20.0 Å². The Morgan fingerprint density at radius 2 is 1.73 bits per heavy atom. The second-order valence-corrected chi connectivity index (χ2v) is 7.99. The molecule has 0 bridgehead atoms. The SMILES string of the molecule is COc1ccc(C2CC(C(=O)O)C3C(NNC3c3ccc([N+](=O)[O-])cc3)N2)c(OC)c1OC. The number of aliphatic carboxylic acids is 1. The number of hydrazine groups is 1. The summed E-state index contributed by atoms with van der Waals surface area (Å²) < 4.78 is 16.4. The van der Waals surface area contributed by atoms with E-state index >= 15 is 0 Å². The third-order valence-electron chi connectivity index (χ3n) is 6.39. The zero-order valence-corrected chi connectivity index (χ0v) is 18.4. The number of piperidine rings is 1. The maximum atomic E-state index is 12.3. The van der Waals surface area contributed by atoms with Gasteiger partial charge in [-0.3, -0.25) is 20.2 Å². The summed E-state index contributed by atoms with van der Waals surface area (Å²) >= 11 is 0. The molecule has 176 valence electrons. The summed E-state index contributed by atoms with van der Waals surface area (Å²) in [5, 5.41) is 24.6. The van der Waals surface area contributed by atoms with Crippen LogP contribution in [0, 0.1) is 22.0 Å². The molecular formula is C22H26N4O7. The molecule has 2 aliphatic rings. The number of nitro benzene ring substituents is 1. The van der Waals surface area contributed by atoms with Gasteiger partial charge in [0.2, 0.25) is 5.75 Å². The molecule has 5 unspecified atom stereocenters. The molecule has 0 amide bonds. The fourth-order valence-corrected chi connectivity index (χ4v) is 4.87. The van der Waals surface area contributed by atoms with Crippen molar-refractivity contribution in [3.8, 4) is 17.2 Å². The monoisotopic (exact) mass is 458 g/mol. The Labute approximate surface area is 190 Å². The van der Waals surface area contributed by atoms with Crippen LogP contribution in [0.3, 0.4) is 0 Å². The molecule has 2 aliphatic heterocycles. The molecule has 0 aromatic heterocycles. The molecule has 11 heteroatoms. The van der Waals surface area contributed by atoms with Crippen LogP contribution >= 0.6 is 0 Å². The first-order valence-corrected chi connectivity index (χ1v) is 10.4. The first-order chi connectivity index (χ1) is 15.9. The zero-order valence-electron chi connectivity index (χ0n) is 18.4. The standard InChI is InChI=1S/C22H26N4O7/c1-31-16-9-8-13(19(32-2)20(16)33-3)15-10-14(22(27)28)17-18(24-25-21(17)23-15)11-4-6-12(7-5-11)26(29)30/h4-9,14-15,17-18,21,23-25H,10H2,1-3H3,(H,27,28). The number of benzene rings is 2. The van der Waals surface area contributed by atoms with Gasteiger partial charge in [-0.1, -0.05) is 12.1 Å². The summed E-state index contributed by atoms with van der Waals surface area (Å²) in [5.41, 5.74) is 7.85. The molecule has 2 heterocycles. The van der Waals surface area contributed by atoms with Gasteiger partial charge in [-0.2, -0.15) is 0 Å². The summed E-state index contributed by atoms with van der Waals surface area (Å²) in [6, 6.07) is 9.10. The van der Waals surface area contributed by atoms with Crippen LogP contribution in [0.25, 0.3) is 0 Å². The highest BCUT2D eigenvalue weighted by Crippen LogP contribution is 2.47. The smallest absolute Gasteiger partial charge is 0.307 e. The van der Waals surface area contributed by atoms with Crippen LogP contribution in [0.1, 0.15) is 29.6 Å². The van der Waals surface area contributed by atoms with Crippen molar-refractivity contribution in [2.75, 3.05) is 21.3 Å². The van der Waals surface area contributed by atoms with Gasteiger partial charge in [0.05, 0.1) is 44.4 Å². The number of ether oxygens (including phenoxy) is 3. The number of non-ortho nitro benzene ring substituents is 1. The summed E-state index contributed by atoms with van der Waals surface area (Å²) in [7, 11) is 4.58. The van der Waals surface area contributed by atoms with Crippen LogP contribution in [-0.4, -0.2) is 43.5 Å². The fourth-order valence-electron chi connectivity index (χ4n) is 4.87. The van der Waals surface area contributed by atoms with Crippen molar-refractivity contribution < 1.29 is 29.0 Å². The predicted molar refractivity (Wildman–Crippen MR) is 117 cm³/mol. The first kappa shape index (κ1) is 22.8. The Balaban J connectivity index is 1.65. The normalized spacial score (nSPS) is 26.3. The lowest BCUT2D eigenvalue weighted by molar-refractivity contribution is -0.384. The van der Waals surface area contributed by atoms with Crippen LogP contribution in [0.5, 0.6) is 17.2 Å². The highest BCUT2D eigenvalue weighted by molar-refractivity contribution is 5.71. The number of rotatable bonds is 7. The molecule has 0 saturated carbocycles. The quantitative estimate of drug-likeness (QED) is 0.360. The van der Waals surface area contributed by atoms with Gasteiger partial charge in [0.15, 0.2) is 11.5 Å². The van der Waals surface area contributed by atoms with Crippen molar-refractivity contribution in [3.63, 3.8) is 0 Å². The lowest BCUT2D eigenvalue weighted by atomic mass is 9.74. The lowest BCUT2D eigenvalue weighted by Crippen LogP contribution is -2.53. The molecule has 11 nitrogen and oxygen atoms in total. The average Bonchev–Trinajstić information content (AvgIpc) is 3.26. The molecule has 0 aliphatic carbocycles. The van der Waals surface area contributed by atoms with Crippen molar-refractivity contribution in [1.82, 2.24) is 16.2 Å². The van der Waals surface area contributed by atoms with Crippen molar-refractivity contribution in [2.45, 2.75) is 24.7 Å². The summed E-state index contributed by atoms with van der Waals surface area (Å²) in [5.74, 6) is -0.494. The van der Waals surface area contributed by atoms with E-state index in [4.69, 9.17) is 14.2 Å². The second-order valence-electron chi connectivity index (χ2n) is 7.99. The van der Waals surface area contributed by atoms with E-state index in [1.165, 1.54) is 33.5 Å². The molecule has 2 fully saturated rings. The van der Waals surface area contributed by atoms with Gasteiger partial charge >= 0.3 is 5.97 Å². The van der Waals surface area contributed by atoms with Gasteiger partial charge in [-0.25, -0.2) is 10.9 Å². The highest BCUT2D eigenvalue weighted by Gasteiger charge is 2.50. The van der Waals surface area contributed by atoms with Crippen molar-refractivity contribution in [2.24, 2.45) is 11.8 Å². The van der Waals surface area contributed by atoms with E-state index in [1.54, 1.807) is 18.2 Å². The molecule has 0 spiro atoms. The van der Waals surface area contributed by atoms with Crippen LogP contribution in [0.2, 0.25) is 0 Å². The summed E-state index contributed by atoms with van der Waals surface area (Å²) in [6.07, 6.45) is -0.0438. The Kier molecular flexibility index (Phi) is 6.36. The van der Waals surface area contributed by atoms with Crippen LogP contribution < -0.4 is 30.4 Å². The number of nitrogens with one attached hydrogen (secondary N) is 3. The minimum Gasteiger partial charge on any atom is -0.493 e. The molecule has 2 aromatic rings. The van der Waals surface area contributed by atoms with Crippen molar-refractivity contribution >= 4 is 11.7 Å². The molecule has 2 saturated heterocycles. The summed E-state index contributed by atoms with van der Waals surface area (Å²) in [6.45, 7) is 0. The van der Waals surface area contributed by atoms with Crippen molar-refractivity contribution in [1.29, 1.82) is 0 Å². The van der Waals surface area contributed by atoms with Crippen molar-refractivity contribution in [3.05, 3.63) is 57.6 Å². The molecule has 33 heavy (non-hydrogen) atoms. The number of hydrogen-bond acceptors (Lipinski definition) is 9. The number of carboxylic acids is 1. The van der Waals surface area contributed by atoms with Crippen LogP contribution in [0.15, 0.2) is 36.4 Å². The van der Waals surface area contributed by atoms with E-state index in [1.807, 2.05) is 6.07 Å². The second kappa shape index (κ2) is 9.22. The van der Waals surface area contributed by atoms with Gasteiger partial charge in [-0.05, 0) is 24.1 Å². The molecule has 4 rings (SSSR count). The minimum absolute atomic E-state index is 0.0154. The molecule has 2 aromatic carbocycles. The van der Waals surface area contributed by atoms with Gasteiger partial charge in [0, 0.05) is 29.7 Å². The van der Waals surface area contributed by atoms with E-state index in [0.29, 0.717) is 23.7 Å². The summed E-state index contributed by atoms with van der Waals surface area (Å²) in [4.78, 5) is 22.8. The van der Waals surface area contributed by atoms with E-state index in [2.05, 4.69) is 16.2 Å². The number of nitrogens with zero attached hydrogens (tertiary/aromatic N) is 1.